The zero-order chi connectivity index (χ0) is 13.5. The summed E-state index contributed by atoms with van der Waals surface area (Å²) in [6.07, 6.45) is 0.875. The second kappa shape index (κ2) is 4.28. The lowest BCUT2D eigenvalue weighted by atomic mass is 10.1. The predicted octanol–water partition coefficient (Wildman–Crippen LogP) is 3.02. The molecule has 0 spiro atoms. The summed E-state index contributed by atoms with van der Waals surface area (Å²) in [5, 5.41) is 11.7. The van der Waals surface area contributed by atoms with Gasteiger partial charge < -0.3 is 10.4 Å². The molecule has 1 fully saturated rings. The van der Waals surface area contributed by atoms with Gasteiger partial charge in [-0.15, -0.1) is 0 Å². The van der Waals surface area contributed by atoms with E-state index in [-0.39, 0.29) is 27.8 Å². The lowest BCUT2D eigenvalue weighted by molar-refractivity contribution is -0.118. The Bertz CT molecular complexity index is 525. The summed E-state index contributed by atoms with van der Waals surface area (Å²) in [7, 11) is 0. The topological polar surface area (TPSA) is 66.4 Å². The number of carbonyl (C=O) groups excluding carboxylic acids is 1. The molecule has 2 rings (SSSR count). The summed E-state index contributed by atoms with van der Waals surface area (Å²) in [6, 6.07) is 4.39. The Kier molecular flexibility index (Phi) is 3.07. The fraction of sp³-hybridized carbons (Fsp3) is 0.385. The number of nitrogens with one attached hydrogen (secondary N) is 1. The van der Waals surface area contributed by atoms with Crippen molar-refractivity contribution < 1.29 is 14.7 Å². The number of amides is 1. The van der Waals surface area contributed by atoms with Crippen LogP contribution in [0.2, 0.25) is 5.02 Å². The molecule has 18 heavy (non-hydrogen) atoms. The summed E-state index contributed by atoms with van der Waals surface area (Å²) < 4.78 is 0. The molecule has 0 radical (unpaired) electrons. The van der Waals surface area contributed by atoms with Crippen molar-refractivity contribution >= 4 is 29.2 Å². The summed E-state index contributed by atoms with van der Waals surface area (Å²) in [4.78, 5) is 22.6. The van der Waals surface area contributed by atoms with E-state index >= 15 is 0 Å². The predicted molar refractivity (Wildman–Crippen MR) is 68.9 cm³/mol. The van der Waals surface area contributed by atoms with E-state index in [4.69, 9.17) is 16.7 Å². The van der Waals surface area contributed by atoms with E-state index in [1.165, 1.54) is 12.1 Å². The number of rotatable bonds is 3. The number of carboxylic acids is 1. The average Bonchev–Trinajstić information content (AvgIpc) is 2.87. The summed E-state index contributed by atoms with van der Waals surface area (Å²) in [6.45, 7) is 4.08. The molecule has 4 nitrogen and oxygen atoms in total. The number of halogens is 1. The van der Waals surface area contributed by atoms with Gasteiger partial charge in [0.05, 0.1) is 10.6 Å². The van der Waals surface area contributed by atoms with Gasteiger partial charge in [-0.05, 0) is 30.0 Å². The number of hydrogen-bond acceptors (Lipinski definition) is 2. The molecule has 1 saturated carbocycles. The average molecular weight is 268 g/mol. The molecule has 1 aromatic rings. The largest absolute Gasteiger partial charge is 0.478 e. The molecular formula is C13H14ClNO3. The minimum absolute atomic E-state index is 0.0235. The SMILES string of the molecule is CC1(C)CC1C(=O)Nc1ccc(C(=O)O)c(Cl)c1. The van der Waals surface area contributed by atoms with E-state index in [1.807, 2.05) is 13.8 Å². The first-order valence-electron chi connectivity index (χ1n) is 5.65. The molecule has 1 amide bonds. The Morgan fingerprint density at radius 1 is 1.44 bits per heavy atom. The van der Waals surface area contributed by atoms with Gasteiger partial charge in [-0.3, -0.25) is 4.79 Å². The van der Waals surface area contributed by atoms with Crippen LogP contribution in [0.4, 0.5) is 5.69 Å². The van der Waals surface area contributed by atoms with E-state index < -0.39 is 5.97 Å². The highest BCUT2D eigenvalue weighted by Gasteiger charge is 2.50. The standard InChI is InChI=1S/C13H14ClNO3/c1-13(2)6-9(13)11(16)15-7-3-4-8(12(17)18)10(14)5-7/h3-5,9H,6H2,1-2H3,(H,15,16)(H,17,18). The number of aromatic carboxylic acids is 1. The maximum Gasteiger partial charge on any atom is 0.337 e. The molecule has 1 atom stereocenters. The van der Waals surface area contributed by atoms with Gasteiger partial charge in [0.25, 0.3) is 0 Å². The van der Waals surface area contributed by atoms with Crippen LogP contribution >= 0.6 is 11.6 Å². The smallest absolute Gasteiger partial charge is 0.337 e. The third kappa shape index (κ3) is 2.48. The van der Waals surface area contributed by atoms with E-state index in [0.717, 1.165) is 6.42 Å². The second-order valence-electron chi connectivity index (χ2n) is 5.23. The van der Waals surface area contributed by atoms with Crippen LogP contribution < -0.4 is 5.32 Å². The van der Waals surface area contributed by atoms with Crippen LogP contribution in [0.1, 0.15) is 30.6 Å². The van der Waals surface area contributed by atoms with Gasteiger partial charge in [0.15, 0.2) is 0 Å². The quantitative estimate of drug-likeness (QED) is 0.885. The van der Waals surface area contributed by atoms with Crippen LogP contribution in [-0.4, -0.2) is 17.0 Å². The minimum Gasteiger partial charge on any atom is -0.478 e. The fourth-order valence-corrected chi connectivity index (χ4v) is 2.17. The monoisotopic (exact) mass is 267 g/mol. The minimum atomic E-state index is -1.08. The van der Waals surface area contributed by atoms with Crippen LogP contribution in [-0.2, 0) is 4.79 Å². The van der Waals surface area contributed by atoms with Crippen molar-refractivity contribution in [1.82, 2.24) is 0 Å². The van der Waals surface area contributed by atoms with Crippen molar-refractivity contribution in [3.05, 3.63) is 28.8 Å². The van der Waals surface area contributed by atoms with Crippen molar-refractivity contribution in [2.45, 2.75) is 20.3 Å². The van der Waals surface area contributed by atoms with Crippen molar-refractivity contribution in [3.63, 3.8) is 0 Å². The maximum absolute atomic E-state index is 11.8. The molecule has 0 saturated heterocycles. The molecule has 1 aliphatic rings. The highest BCUT2D eigenvalue weighted by Crippen LogP contribution is 2.52. The molecule has 1 aromatic carbocycles. The number of carboxylic acid groups (broad SMARTS) is 1. The Labute approximate surface area is 110 Å². The number of hydrogen-bond donors (Lipinski definition) is 2. The van der Waals surface area contributed by atoms with Crippen LogP contribution in [0.5, 0.6) is 0 Å². The van der Waals surface area contributed by atoms with Crippen molar-refractivity contribution in [3.8, 4) is 0 Å². The molecule has 2 N–H and O–H groups in total. The van der Waals surface area contributed by atoms with Crippen LogP contribution in [0.25, 0.3) is 0 Å². The van der Waals surface area contributed by atoms with Gasteiger partial charge in [0.1, 0.15) is 0 Å². The number of carbonyl (C=O) groups is 2. The van der Waals surface area contributed by atoms with Crippen molar-refractivity contribution in [2.75, 3.05) is 5.32 Å². The van der Waals surface area contributed by atoms with E-state index in [2.05, 4.69) is 5.32 Å². The first-order valence-corrected chi connectivity index (χ1v) is 6.03. The van der Waals surface area contributed by atoms with Gasteiger partial charge in [-0.25, -0.2) is 4.79 Å². The molecule has 0 heterocycles. The van der Waals surface area contributed by atoms with Crippen LogP contribution in [0.3, 0.4) is 0 Å². The Hall–Kier alpha value is -1.55. The lowest BCUT2D eigenvalue weighted by Gasteiger charge is -2.08. The number of anilines is 1. The number of benzene rings is 1. The van der Waals surface area contributed by atoms with Crippen molar-refractivity contribution in [2.24, 2.45) is 11.3 Å². The fourth-order valence-electron chi connectivity index (χ4n) is 1.91. The first kappa shape index (κ1) is 12.9. The summed E-state index contributed by atoms with van der Waals surface area (Å²) in [5.41, 5.74) is 0.619. The summed E-state index contributed by atoms with van der Waals surface area (Å²) >= 11 is 5.83. The molecule has 5 heteroatoms. The van der Waals surface area contributed by atoms with Crippen LogP contribution in [0.15, 0.2) is 18.2 Å². The molecule has 1 aliphatic carbocycles. The maximum atomic E-state index is 11.8. The third-order valence-corrected chi connectivity index (χ3v) is 3.61. The first-order chi connectivity index (χ1) is 8.31. The van der Waals surface area contributed by atoms with E-state index in [0.29, 0.717) is 5.69 Å². The van der Waals surface area contributed by atoms with Crippen molar-refractivity contribution in [1.29, 1.82) is 0 Å². The Balaban J connectivity index is 2.09. The molecule has 0 bridgehead atoms. The highest BCUT2D eigenvalue weighted by atomic mass is 35.5. The second-order valence-corrected chi connectivity index (χ2v) is 5.64. The third-order valence-electron chi connectivity index (χ3n) is 3.30. The van der Waals surface area contributed by atoms with Gasteiger partial charge in [-0.1, -0.05) is 25.4 Å². The molecule has 96 valence electrons. The zero-order valence-corrected chi connectivity index (χ0v) is 10.9. The zero-order valence-electron chi connectivity index (χ0n) is 10.2. The van der Waals surface area contributed by atoms with Gasteiger partial charge >= 0.3 is 5.97 Å². The molecular weight excluding hydrogens is 254 g/mol. The Morgan fingerprint density at radius 3 is 2.50 bits per heavy atom. The normalized spacial score (nSPS) is 20.3. The molecule has 1 unspecified atom stereocenters. The van der Waals surface area contributed by atoms with E-state index in [1.54, 1.807) is 6.07 Å². The molecule has 0 aliphatic heterocycles. The van der Waals surface area contributed by atoms with E-state index in [9.17, 15) is 9.59 Å². The summed E-state index contributed by atoms with van der Waals surface area (Å²) in [5.74, 6) is -1.10. The van der Waals surface area contributed by atoms with Gasteiger partial charge in [-0.2, -0.15) is 0 Å². The Morgan fingerprint density at radius 2 is 2.06 bits per heavy atom. The van der Waals surface area contributed by atoms with Gasteiger partial charge in [0, 0.05) is 11.6 Å². The van der Waals surface area contributed by atoms with Gasteiger partial charge in [0.2, 0.25) is 5.91 Å². The lowest BCUT2D eigenvalue weighted by Crippen LogP contribution is -2.16. The van der Waals surface area contributed by atoms with Crippen LogP contribution in [0, 0.1) is 11.3 Å². The highest BCUT2D eigenvalue weighted by molar-refractivity contribution is 6.33. The molecule has 0 aromatic heterocycles.